The Labute approximate surface area is 121 Å². The lowest BCUT2D eigenvalue weighted by Gasteiger charge is -2.11. The van der Waals surface area contributed by atoms with Crippen molar-refractivity contribution in [1.29, 1.82) is 0 Å². The van der Waals surface area contributed by atoms with E-state index in [1.165, 1.54) is 0 Å². The van der Waals surface area contributed by atoms with Crippen molar-refractivity contribution in [1.82, 2.24) is 14.8 Å². The first-order valence-corrected chi connectivity index (χ1v) is 7.30. The third-order valence-corrected chi connectivity index (χ3v) is 3.57. The molecule has 0 aliphatic heterocycles. The molecule has 20 heavy (non-hydrogen) atoms. The second-order valence-electron chi connectivity index (χ2n) is 5.59. The summed E-state index contributed by atoms with van der Waals surface area (Å²) in [4.78, 5) is 4.70. The zero-order valence-electron chi connectivity index (χ0n) is 12.6. The molecule has 0 saturated heterocycles. The van der Waals surface area contributed by atoms with Crippen LogP contribution in [0.5, 0.6) is 0 Å². The molecule has 4 heteroatoms. The first kappa shape index (κ1) is 14.7. The molecule has 0 aliphatic rings. The van der Waals surface area contributed by atoms with Gasteiger partial charge >= 0.3 is 0 Å². The minimum Gasteiger partial charge on any atom is -0.328 e. The molecule has 2 N–H and O–H groups in total. The van der Waals surface area contributed by atoms with Crippen molar-refractivity contribution in [2.24, 2.45) is 12.8 Å². The van der Waals surface area contributed by atoms with Gasteiger partial charge in [-0.25, -0.2) is 4.98 Å². The highest BCUT2D eigenvalue weighted by Crippen LogP contribution is 2.23. The van der Waals surface area contributed by atoms with E-state index < -0.39 is 0 Å². The van der Waals surface area contributed by atoms with E-state index in [-0.39, 0.29) is 6.04 Å². The van der Waals surface area contributed by atoms with Crippen molar-refractivity contribution in [2.45, 2.75) is 45.1 Å². The highest BCUT2D eigenvalue weighted by atomic mass is 15.3. The summed E-state index contributed by atoms with van der Waals surface area (Å²) in [5.74, 6) is 2.26. The lowest BCUT2D eigenvalue weighted by Crippen LogP contribution is -2.14. The maximum atomic E-state index is 5.79. The molecule has 0 bridgehead atoms. The fourth-order valence-electron chi connectivity index (χ4n) is 2.41. The van der Waals surface area contributed by atoms with Crippen LogP contribution in [0.2, 0.25) is 0 Å². The highest BCUT2D eigenvalue weighted by molar-refractivity contribution is 5.54. The summed E-state index contributed by atoms with van der Waals surface area (Å²) in [6, 6.07) is 10.4. The monoisotopic (exact) mass is 272 g/mol. The van der Waals surface area contributed by atoms with Crippen LogP contribution in [0.15, 0.2) is 30.3 Å². The van der Waals surface area contributed by atoms with E-state index in [1.807, 2.05) is 42.1 Å². The van der Waals surface area contributed by atoms with Gasteiger partial charge in [-0.1, -0.05) is 43.7 Å². The first-order valence-electron chi connectivity index (χ1n) is 7.30. The van der Waals surface area contributed by atoms with Crippen LogP contribution in [-0.4, -0.2) is 20.8 Å². The predicted octanol–water partition coefficient (Wildman–Crippen LogP) is 3.10. The van der Waals surface area contributed by atoms with Gasteiger partial charge in [0.15, 0.2) is 5.82 Å². The number of aromatic nitrogens is 3. The van der Waals surface area contributed by atoms with Crippen LogP contribution < -0.4 is 5.73 Å². The van der Waals surface area contributed by atoms with E-state index in [1.54, 1.807) is 0 Å². The van der Waals surface area contributed by atoms with Gasteiger partial charge in [-0.2, -0.15) is 5.10 Å². The van der Waals surface area contributed by atoms with E-state index in [2.05, 4.69) is 18.9 Å². The predicted molar refractivity (Wildman–Crippen MR) is 82.4 cm³/mol. The number of nitrogens with two attached hydrogens (primary N) is 1. The van der Waals surface area contributed by atoms with Gasteiger partial charge in [0.25, 0.3) is 0 Å². The van der Waals surface area contributed by atoms with Crippen LogP contribution in [0.25, 0.3) is 11.4 Å². The lowest BCUT2D eigenvalue weighted by atomic mass is 10.0. The molecule has 1 aromatic heterocycles. The molecule has 2 unspecified atom stereocenters. The molecule has 0 amide bonds. The molecule has 1 heterocycles. The summed E-state index contributed by atoms with van der Waals surface area (Å²) in [6.45, 7) is 4.26. The van der Waals surface area contributed by atoms with E-state index in [0.717, 1.165) is 36.5 Å². The van der Waals surface area contributed by atoms with Gasteiger partial charge in [0.2, 0.25) is 0 Å². The maximum Gasteiger partial charge on any atom is 0.181 e. The Bertz CT molecular complexity index is 531. The molecule has 0 spiro atoms. The molecular formula is C16H24N4. The summed E-state index contributed by atoms with van der Waals surface area (Å²) in [5.41, 5.74) is 6.86. The second kappa shape index (κ2) is 6.66. The smallest absolute Gasteiger partial charge is 0.181 e. The van der Waals surface area contributed by atoms with Gasteiger partial charge in [0.05, 0.1) is 0 Å². The van der Waals surface area contributed by atoms with Crippen molar-refractivity contribution in [3.8, 4) is 11.4 Å². The normalized spacial score (nSPS) is 14.2. The molecule has 2 aromatic rings. The fourth-order valence-corrected chi connectivity index (χ4v) is 2.41. The van der Waals surface area contributed by atoms with Gasteiger partial charge in [0, 0.05) is 24.6 Å². The molecule has 4 nitrogen and oxygen atoms in total. The van der Waals surface area contributed by atoms with Gasteiger partial charge < -0.3 is 5.73 Å². The Morgan fingerprint density at radius 1 is 1.15 bits per heavy atom. The number of hydrogen-bond donors (Lipinski definition) is 1. The Balaban J connectivity index is 2.07. The quantitative estimate of drug-likeness (QED) is 0.879. The molecule has 0 saturated carbocycles. The number of nitrogens with zero attached hydrogens (tertiary/aromatic N) is 3. The Morgan fingerprint density at radius 3 is 2.50 bits per heavy atom. The van der Waals surface area contributed by atoms with Crippen molar-refractivity contribution in [3.63, 3.8) is 0 Å². The lowest BCUT2D eigenvalue weighted by molar-refractivity contribution is 0.525. The Hall–Kier alpha value is -1.68. The topological polar surface area (TPSA) is 56.7 Å². The minimum atomic E-state index is 0.279. The van der Waals surface area contributed by atoms with Crippen molar-refractivity contribution in [2.75, 3.05) is 0 Å². The van der Waals surface area contributed by atoms with E-state index in [9.17, 15) is 0 Å². The molecule has 2 rings (SSSR count). The summed E-state index contributed by atoms with van der Waals surface area (Å²) in [5, 5.41) is 4.53. The first-order chi connectivity index (χ1) is 9.58. The van der Waals surface area contributed by atoms with Gasteiger partial charge in [0.1, 0.15) is 5.82 Å². The van der Waals surface area contributed by atoms with Crippen LogP contribution in [0.3, 0.4) is 0 Å². The van der Waals surface area contributed by atoms with Crippen LogP contribution >= 0.6 is 0 Å². The van der Waals surface area contributed by atoms with Crippen molar-refractivity contribution < 1.29 is 0 Å². The fraction of sp³-hybridized carbons (Fsp3) is 0.500. The van der Waals surface area contributed by atoms with E-state index >= 15 is 0 Å². The summed E-state index contributed by atoms with van der Waals surface area (Å²) >= 11 is 0. The Morgan fingerprint density at radius 2 is 1.85 bits per heavy atom. The van der Waals surface area contributed by atoms with E-state index in [0.29, 0.717) is 5.92 Å². The highest BCUT2D eigenvalue weighted by Gasteiger charge is 2.15. The van der Waals surface area contributed by atoms with Crippen LogP contribution in [0.1, 0.15) is 44.9 Å². The molecule has 1 aromatic carbocycles. The average molecular weight is 272 g/mol. The molecule has 2 atom stereocenters. The minimum absolute atomic E-state index is 0.279. The molecule has 0 aliphatic carbocycles. The standard InChI is InChI=1S/C16H24N4/c1-12(8-7-9-13(2)17)16-18-15(19-20(16)3)14-10-5-4-6-11-14/h4-6,10-13H,7-9,17H2,1-3H3. The van der Waals surface area contributed by atoms with Crippen LogP contribution in [0, 0.1) is 0 Å². The van der Waals surface area contributed by atoms with Crippen molar-refractivity contribution >= 4 is 0 Å². The zero-order valence-corrected chi connectivity index (χ0v) is 12.6. The third kappa shape index (κ3) is 3.67. The SMILES string of the molecule is CC(N)CCCC(C)c1nc(-c2ccccc2)nn1C. The summed E-state index contributed by atoms with van der Waals surface area (Å²) in [6.07, 6.45) is 3.29. The van der Waals surface area contributed by atoms with E-state index in [4.69, 9.17) is 10.7 Å². The second-order valence-corrected chi connectivity index (χ2v) is 5.59. The Kier molecular flexibility index (Phi) is 4.90. The summed E-state index contributed by atoms with van der Waals surface area (Å²) < 4.78 is 1.90. The summed E-state index contributed by atoms with van der Waals surface area (Å²) in [7, 11) is 1.97. The molecule has 0 fully saturated rings. The molecular weight excluding hydrogens is 248 g/mol. The van der Waals surface area contributed by atoms with Crippen LogP contribution in [-0.2, 0) is 7.05 Å². The van der Waals surface area contributed by atoms with Crippen molar-refractivity contribution in [3.05, 3.63) is 36.2 Å². The number of aryl methyl sites for hydroxylation is 1. The average Bonchev–Trinajstić information content (AvgIpc) is 2.81. The number of rotatable bonds is 6. The molecule has 108 valence electrons. The largest absolute Gasteiger partial charge is 0.328 e. The van der Waals surface area contributed by atoms with Gasteiger partial charge in [-0.05, 0) is 19.8 Å². The maximum absolute atomic E-state index is 5.79. The van der Waals surface area contributed by atoms with Gasteiger partial charge in [-0.3, -0.25) is 4.68 Å². The van der Waals surface area contributed by atoms with Crippen LogP contribution in [0.4, 0.5) is 0 Å². The zero-order chi connectivity index (χ0) is 14.5. The number of hydrogen-bond acceptors (Lipinski definition) is 3. The number of benzene rings is 1. The third-order valence-electron chi connectivity index (χ3n) is 3.57. The van der Waals surface area contributed by atoms with Gasteiger partial charge in [-0.15, -0.1) is 0 Å². The molecule has 0 radical (unpaired) electrons.